The van der Waals surface area contributed by atoms with E-state index in [1.54, 1.807) is 0 Å². The van der Waals surface area contributed by atoms with Crippen molar-refractivity contribution in [2.24, 2.45) is 5.92 Å². The molecule has 0 aromatic heterocycles. The normalized spacial score (nSPS) is 31.4. The average molecular weight is 338 g/mol. The second-order valence-corrected chi connectivity index (χ2v) is 8.17. The maximum Gasteiger partial charge on any atom is 0.315 e. The SMILES string of the molecule is CC1CCC(NC(=O)NCC2(N3CCOCC3)CCCCC2)CC1. The zero-order valence-electron chi connectivity index (χ0n) is 15.3. The molecule has 3 fully saturated rings. The van der Waals surface area contributed by atoms with Gasteiger partial charge in [-0.05, 0) is 44.4 Å². The summed E-state index contributed by atoms with van der Waals surface area (Å²) in [6, 6.07) is 0.402. The second kappa shape index (κ2) is 8.52. The Hall–Kier alpha value is -0.810. The van der Waals surface area contributed by atoms with Crippen LogP contribution in [-0.4, -0.2) is 55.4 Å². The Kier molecular flexibility index (Phi) is 6.39. The van der Waals surface area contributed by atoms with Gasteiger partial charge in [0.25, 0.3) is 0 Å². The smallest absolute Gasteiger partial charge is 0.315 e. The van der Waals surface area contributed by atoms with Crippen LogP contribution in [-0.2, 0) is 4.74 Å². The molecule has 0 radical (unpaired) electrons. The van der Waals surface area contributed by atoms with E-state index in [2.05, 4.69) is 22.5 Å². The van der Waals surface area contributed by atoms with Crippen LogP contribution in [0.4, 0.5) is 4.79 Å². The van der Waals surface area contributed by atoms with Gasteiger partial charge in [0.2, 0.25) is 0 Å². The Morgan fingerprint density at radius 3 is 2.42 bits per heavy atom. The minimum Gasteiger partial charge on any atom is -0.379 e. The fourth-order valence-electron chi connectivity index (χ4n) is 4.74. The summed E-state index contributed by atoms with van der Waals surface area (Å²) in [5, 5.41) is 6.42. The van der Waals surface area contributed by atoms with Crippen LogP contribution < -0.4 is 10.6 Å². The second-order valence-electron chi connectivity index (χ2n) is 8.17. The molecule has 0 atom stereocenters. The molecule has 1 heterocycles. The van der Waals surface area contributed by atoms with Crippen LogP contribution in [0.15, 0.2) is 0 Å². The van der Waals surface area contributed by atoms with Gasteiger partial charge in [-0.3, -0.25) is 4.90 Å². The molecule has 138 valence electrons. The van der Waals surface area contributed by atoms with Gasteiger partial charge >= 0.3 is 6.03 Å². The molecule has 1 saturated heterocycles. The van der Waals surface area contributed by atoms with E-state index in [1.165, 1.54) is 44.9 Å². The van der Waals surface area contributed by atoms with Crippen LogP contribution in [0.2, 0.25) is 0 Å². The van der Waals surface area contributed by atoms with Gasteiger partial charge in [-0.1, -0.05) is 26.2 Å². The molecule has 0 aromatic rings. The Morgan fingerprint density at radius 1 is 1.08 bits per heavy atom. The number of hydrogen-bond donors (Lipinski definition) is 2. The van der Waals surface area contributed by atoms with E-state index in [0.29, 0.717) is 6.04 Å². The standard InChI is InChI=1S/C19H35N3O2/c1-16-5-7-17(8-6-16)21-18(23)20-15-19(9-3-2-4-10-19)22-11-13-24-14-12-22/h16-17H,2-15H2,1H3,(H2,20,21,23). The van der Waals surface area contributed by atoms with E-state index >= 15 is 0 Å². The molecule has 2 amide bonds. The molecule has 0 spiro atoms. The molecule has 2 aliphatic carbocycles. The number of morpholine rings is 1. The first-order valence-electron chi connectivity index (χ1n) is 10.1. The van der Waals surface area contributed by atoms with E-state index in [-0.39, 0.29) is 11.6 Å². The predicted molar refractivity (Wildman–Crippen MR) is 96.2 cm³/mol. The van der Waals surface area contributed by atoms with Crippen LogP contribution in [0, 0.1) is 5.92 Å². The molecule has 3 rings (SSSR count). The molecule has 5 nitrogen and oxygen atoms in total. The molecule has 3 aliphatic rings. The lowest BCUT2D eigenvalue weighted by molar-refractivity contribution is -0.0357. The van der Waals surface area contributed by atoms with Gasteiger partial charge in [0.1, 0.15) is 0 Å². The summed E-state index contributed by atoms with van der Waals surface area (Å²) in [4.78, 5) is 15.0. The molecule has 0 bridgehead atoms. The van der Waals surface area contributed by atoms with Gasteiger partial charge in [0, 0.05) is 31.2 Å². The minimum absolute atomic E-state index is 0.0350. The van der Waals surface area contributed by atoms with Crippen molar-refractivity contribution < 1.29 is 9.53 Å². The minimum atomic E-state index is 0.0350. The van der Waals surface area contributed by atoms with Crippen molar-refractivity contribution in [1.82, 2.24) is 15.5 Å². The van der Waals surface area contributed by atoms with Gasteiger partial charge < -0.3 is 15.4 Å². The number of ether oxygens (including phenoxy) is 1. The number of carbonyl (C=O) groups is 1. The zero-order valence-corrected chi connectivity index (χ0v) is 15.3. The fourth-order valence-corrected chi connectivity index (χ4v) is 4.74. The fraction of sp³-hybridized carbons (Fsp3) is 0.947. The molecule has 5 heteroatoms. The van der Waals surface area contributed by atoms with Gasteiger partial charge in [-0.2, -0.15) is 0 Å². The Balaban J connectivity index is 1.50. The van der Waals surface area contributed by atoms with E-state index in [1.807, 2.05) is 0 Å². The zero-order chi connectivity index (χ0) is 16.8. The Bertz CT molecular complexity index is 395. The van der Waals surface area contributed by atoms with Gasteiger partial charge in [0.15, 0.2) is 0 Å². The number of nitrogens with zero attached hydrogens (tertiary/aromatic N) is 1. The third kappa shape index (κ3) is 4.63. The summed E-state index contributed by atoms with van der Waals surface area (Å²) < 4.78 is 5.53. The first-order chi connectivity index (χ1) is 11.7. The third-order valence-electron chi connectivity index (χ3n) is 6.40. The summed E-state index contributed by atoms with van der Waals surface area (Å²) in [5.74, 6) is 0.818. The lowest BCUT2D eigenvalue weighted by Crippen LogP contribution is -2.60. The lowest BCUT2D eigenvalue weighted by atomic mass is 9.80. The third-order valence-corrected chi connectivity index (χ3v) is 6.40. The van der Waals surface area contributed by atoms with Crippen LogP contribution in [0.1, 0.15) is 64.7 Å². The number of carbonyl (C=O) groups excluding carboxylic acids is 1. The number of nitrogens with one attached hydrogen (secondary N) is 2. The molecule has 0 unspecified atom stereocenters. The largest absolute Gasteiger partial charge is 0.379 e. The quantitative estimate of drug-likeness (QED) is 0.829. The van der Waals surface area contributed by atoms with E-state index in [9.17, 15) is 4.79 Å². The van der Waals surface area contributed by atoms with Crippen molar-refractivity contribution >= 4 is 6.03 Å². The van der Waals surface area contributed by atoms with Crippen LogP contribution >= 0.6 is 0 Å². The van der Waals surface area contributed by atoms with Crippen molar-refractivity contribution in [1.29, 1.82) is 0 Å². The number of rotatable bonds is 4. The van der Waals surface area contributed by atoms with Crippen LogP contribution in [0.25, 0.3) is 0 Å². The summed E-state index contributed by atoms with van der Waals surface area (Å²) >= 11 is 0. The number of urea groups is 1. The van der Waals surface area contributed by atoms with Crippen molar-refractivity contribution in [2.45, 2.75) is 76.3 Å². The Labute approximate surface area is 146 Å². The average Bonchev–Trinajstić information content (AvgIpc) is 2.63. The van der Waals surface area contributed by atoms with Gasteiger partial charge in [-0.25, -0.2) is 4.79 Å². The maximum atomic E-state index is 12.4. The number of hydrogen-bond acceptors (Lipinski definition) is 3. The highest BCUT2D eigenvalue weighted by atomic mass is 16.5. The van der Waals surface area contributed by atoms with Gasteiger partial charge in [-0.15, -0.1) is 0 Å². The highest BCUT2D eigenvalue weighted by molar-refractivity contribution is 5.74. The topological polar surface area (TPSA) is 53.6 Å². The summed E-state index contributed by atoms with van der Waals surface area (Å²) in [5.41, 5.74) is 0.153. The lowest BCUT2D eigenvalue weighted by Gasteiger charge is -2.48. The van der Waals surface area contributed by atoms with Crippen LogP contribution in [0.5, 0.6) is 0 Å². The Morgan fingerprint density at radius 2 is 1.75 bits per heavy atom. The van der Waals surface area contributed by atoms with Crippen molar-refractivity contribution in [3.63, 3.8) is 0 Å². The first kappa shape index (κ1) is 18.0. The molecule has 0 aromatic carbocycles. The van der Waals surface area contributed by atoms with Crippen LogP contribution in [0.3, 0.4) is 0 Å². The highest BCUT2D eigenvalue weighted by Gasteiger charge is 2.38. The maximum absolute atomic E-state index is 12.4. The summed E-state index contributed by atoms with van der Waals surface area (Å²) in [7, 11) is 0. The first-order valence-corrected chi connectivity index (χ1v) is 10.1. The summed E-state index contributed by atoms with van der Waals surface area (Å²) in [6.07, 6.45) is 11.0. The van der Waals surface area contributed by atoms with Crippen molar-refractivity contribution in [2.75, 3.05) is 32.8 Å². The highest BCUT2D eigenvalue weighted by Crippen LogP contribution is 2.33. The van der Waals surface area contributed by atoms with Gasteiger partial charge in [0.05, 0.1) is 13.2 Å². The van der Waals surface area contributed by atoms with E-state index in [4.69, 9.17) is 4.74 Å². The molecular formula is C19H35N3O2. The monoisotopic (exact) mass is 337 g/mol. The predicted octanol–water partition coefficient (Wildman–Crippen LogP) is 2.90. The van der Waals surface area contributed by atoms with Crippen molar-refractivity contribution in [3.8, 4) is 0 Å². The molecule has 2 saturated carbocycles. The van der Waals surface area contributed by atoms with E-state index in [0.717, 1.165) is 51.6 Å². The molecule has 24 heavy (non-hydrogen) atoms. The van der Waals surface area contributed by atoms with E-state index < -0.39 is 0 Å². The molecular weight excluding hydrogens is 302 g/mol. The van der Waals surface area contributed by atoms with Crippen molar-refractivity contribution in [3.05, 3.63) is 0 Å². The molecule has 1 aliphatic heterocycles. The molecule has 2 N–H and O–H groups in total. The summed E-state index contributed by atoms with van der Waals surface area (Å²) in [6.45, 7) is 6.75. The number of amides is 2.